The minimum Gasteiger partial charge on any atom is -0.496 e. The number of carbonyl (C=O) groups excluding carboxylic acids is 1. The molecule has 0 aromatic heterocycles. The van der Waals surface area contributed by atoms with E-state index in [9.17, 15) is 13.6 Å². The van der Waals surface area contributed by atoms with Gasteiger partial charge in [-0.2, -0.15) is 0 Å². The fraction of sp³-hybridized carbons (Fsp3) is 0.133. The number of ketones is 1. The Morgan fingerprint density at radius 2 is 1.80 bits per heavy atom. The van der Waals surface area contributed by atoms with Crippen molar-refractivity contribution in [3.63, 3.8) is 0 Å². The number of ether oxygens (including phenoxy) is 1. The van der Waals surface area contributed by atoms with E-state index in [2.05, 4.69) is 0 Å². The molecule has 0 aliphatic rings. The summed E-state index contributed by atoms with van der Waals surface area (Å²) in [7, 11) is 1.38. The van der Waals surface area contributed by atoms with Gasteiger partial charge in [-0.1, -0.05) is 11.6 Å². The van der Waals surface area contributed by atoms with E-state index < -0.39 is 17.4 Å². The number of rotatable bonds is 3. The molecule has 2 aromatic rings. The van der Waals surface area contributed by atoms with E-state index in [4.69, 9.17) is 16.3 Å². The summed E-state index contributed by atoms with van der Waals surface area (Å²) in [6.07, 6.45) is 0. The highest BCUT2D eigenvalue weighted by Gasteiger charge is 2.19. The van der Waals surface area contributed by atoms with Gasteiger partial charge < -0.3 is 4.74 Å². The Hall–Kier alpha value is -1.94. The van der Waals surface area contributed by atoms with Gasteiger partial charge in [0.1, 0.15) is 17.4 Å². The van der Waals surface area contributed by atoms with Crippen molar-refractivity contribution in [2.24, 2.45) is 0 Å². The molecule has 0 fully saturated rings. The Labute approximate surface area is 119 Å². The van der Waals surface area contributed by atoms with Gasteiger partial charge in [-0.25, -0.2) is 8.78 Å². The molecule has 0 amide bonds. The first-order valence-corrected chi connectivity index (χ1v) is 6.15. The SMILES string of the molecule is COc1cc(Cl)ccc1C(=O)c1cc(C)c(F)cc1F. The molecular weight excluding hydrogens is 286 g/mol. The van der Waals surface area contributed by atoms with Gasteiger partial charge >= 0.3 is 0 Å². The molecule has 2 rings (SSSR count). The molecule has 0 N–H and O–H groups in total. The van der Waals surface area contributed by atoms with Crippen LogP contribution in [0.1, 0.15) is 21.5 Å². The zero-order valence-corrected chi connectivity index (χ0v) is 11.6. The average Bonchev–Trinajstić information content (AvgIpc) is 2.42. The normalized spacial score (nSPS) is 10.4. The summed E-state index contributed by atoms with van der Waals surface area (Å²) < 4.78 is 32.0. The van der Waals surface area contributed by atoms with Crippen LogP contribution in [0.5, 0.6) is 5.75 Å². The van der Waals surface area contributed by atoms with Gasteiger partial charge in [-0.05, 0) is 36.8 Å². The number of benzene rings is 2. The third kappa shape index (κ3) is 2.65. The molecule has 2 aromatic carbocycles. The van der Waals surface area contributed by atoms with E-state index in [1.165, 1.54) is 38.3 Å². The van der Waals surface area contributed by atoms with Crippen molar-refractivity contribution >= 4 is 17.4 Å². The Morgan fingerprint density at radius 1 is 1.10 bits per heavy atom. The molecule has 2 nitrogen and oxygen atoms in total. The third-order valence-electron chi connectivity index (χ3n) is 2.90. The van der Waals surface area contributed by atoms with Crippen LogP contribution in [0.2, 0.25) is 5.02 Å². The van der Waals surface area contributed by atoms with E-state index in [-0.39, 0.29) is 22.4 Å². The summed E-state index contributed by atoms with van der Waals surface area (Å²) >= 11 is 5.81. The second kappa shape index (κ2) is 5.59. The van der Waals surface area contributed by atoms with Crippen LogP contribution in [0.15, 0.2) is 30.3 Å². The van der Waals surface area contributed by atoms with E-state index in [0.29, 0.717) is 11.1 Å². The summed E-state index contributed by atoms with van der Waals surface area (Å²) in [6.45, 7) is 1.46. The Kier molecular flexibility index (Phi) is 4.04. The molecule has 20 heavy (non-hydrogen) atoms. The number of carbonyl (C=O) groups is 1. The van der Waals surface area contributed by atoms with Crippen molar-refractivity contribution < 1.29 is 18.3 Å². The molecule has 0 saturated heterocycles. The molecule has 104 valence electrons. The highest BCUT2D eigenvalue weighted by atomic mass is 35.5. The molecule has 0 bridgehead atoms. The standard InChI is InChI=1S/C15H11ClF2O2/c1-8-5-11(13(18)7-12(8)17)15(19)10-4-3-9(16)6-14(10)20-2/h3-7H,1-2H3. The molecule has 5 heteroatoms. The quantitative estimate of drug-likeness (QED) is 0.795. The first kappa shape index (κ1) is 14.5. The number of halogens is 3. The molecular formula is C15H11ClF2O2. The Morgan fingerprint density at radius 3 is 2.45 bits per heavy atom. The van der Waals surface area contributed by atoms with Crippen LogP contribution in [0, 0.1) is 18.6 Å². The largest absolute Gasteiger partial charge is 0.496 e. The first-order valence-electron chi connectivity index (χ1n) is 5.78. The first-order chi connectivity index (χ1) is 9.43. The van der Waals surface area contributed by atoms with Gasteiger partial charge in [0.25, 0.3) is 0 Å². The Bertz CT molecular complexity index is 684. The average molecular weight is 297 g/mol. The van der Waals surface area contributed by atoms with Gasteiger partial charge in [-0.15, -0.1) is 0 Å². The van der Waals surface area contributed by atoms with Crippen molar-refractivity contribution in [1.82, 2.24) is 0 Å². The predicted octanol–water partition coefficient (Wildman–Crippen LogP) is 4.17. The lowest BCUT2D eigenvalue weighted by Crippen LogP contribution is -2.07. The lowest BCUT2D eigenvalue weighted by Gasteiger charge is -2.09. The van der Waals surface area contributed by atoms with Crippen molar-refractivity contribution in [1.29, 1.82) is 0 Å². The minimum atomic E-state index is -0.907. The van der Waals surface area contributed by atoms with Gasteiger partial charge in [0, 0.05) is 11.1 Å². The molecule has 0 aliphatic heterocycles. The topological polar surface area (TPSA) is 26.3 Å². The molecule has 0 aliphatic carbocycles. The van der Waals surface area contributed by atoms with Crippen LogP contribution in [0.25, 0.3) is 0 Å². The van der Waals surface area contributed by atoms with Crippen molar-refractivity contribution in [3.8, 4) is 5.75 Å². The van der Waals surface area contributed by atoms with E-state index in [1.807, 2.05) is 0 Å². The van der Waals surface area contributed by atoms with Crippen LogP contribution in [-0.4, -0.2) is 12.9 Å². The van der Waals surface area contributed by atoms with Crippen LogP contribution < -0.4 is 4.74 Å². The predicted molar refractivity (Wildman–Crippen MR) is 72.5 cm³/mol. The summed E-state index contributed by atoms with van der Waals surface area (Å²) in [6, 6.07) is 6.29. The monoisotopic (exact) mass is 296 g/mol. The minimum absolute atomic E-state index is 0.168. The zero-order valence-electron chi connectivity index (χ0n) is 10.8. The van der Waals surface area contributed by atoms with Crippen LogP contribution in [-0.2, 0) is 0 Å². The maximum atomic E-state index is 13.8. The van der Waals surface area contributed by atoms with Crippen LogP contribution >= 0.6 is 11.6 Å². The van der Waals surface area contributed by atoms with E-state index in [0.717, 1.165) is 0 Å². The smallest absolute Gasteiger partial charge is 0.199 e. The van der Waals surface area contributed by atoms with Crippen LogP contribution in [0.4, 0.5) is 8.78 Å². The maximum absolute atomic E-state index is 13.8. The molecule has 0 saturated carbocycles. The maximum Gasteiger partial charge on any atom is 0.199 e. The fourth-order valence-corrected chi connectivity index (χ4v) is 1.99. The zero-order chi connectivity index (χ0) is 14.9. The number of methoxy groups -OCH3 is 1. The molecule has 0 radical (unpaired) electrons. The summed E-state index contributed by atoms with van der Waals surface area (Å²) in [5.74, 6) is -1.94. The van der Waals surface area contributed by atoms with Crippen molar-refractivity contribution in [2.75, 3.05) is 7.11 Å². The fourth-order valence-electron chi connectivity index (χ4n) is 1.83. The summed E-state index contributed by atoms with van der Waals surface area (Å²) in [4.78, 5) is 12.3. The number of hydrogen-bond acceptors (Lipinski definition) is 2. The van der Waals surface area contributed by atoms with Crippen molar-refractivity contribution in [3.05, 3.63) is 63.7 Å². The van der Waals surface area contributed by atoms with Gasteiger partial charge in [-0.3, -0.25) is 4.79 Å². The second-order valence-electron chi connectivity index (χ2n) is 4.25. The second-order valence-corrected chi connectivity index (χ2v) is 4.69. The Balaban J connectivity index is 2.54. The van der Waals surface area contributed by atoms with Crippen molar-refractivity contribution in [2.45, 2.75) is 6.92 Å². The molecule has 0 heterocycles. The summed E-state index contributed by atoms with van der Waals surface area (Å²) in [5, 5.41) is 0.397. The molecule has 0 spiro atoms. The van der Waals surface area contributed by atoms with Gasteiger partial charge in [0.2, 0.25) is 0 Å². The van der Waals surface area contributed by atoms with E-state index in [1.54, 1.807) is 0 Å². The lowest BCUT2D eigenvalue weighted by molar-refractivity contribution is 0.103. The highest BCUT2D eigenvalue weighted by Crippen LogP contribution is 2.27. The van der Waals surface area contributed by atoms with Gasteiger partial charge in [0.05, 0.1) is 18.2 Å². The van der Waals surface area contributed by atoms with Crippen LogP contribution in [0.3, 0.4) is 0 Å². The molecule has 0 unspecified atom stereocenters. The third-order valence-corrected chi connectivity index (χ3v) is 3.14. The number of hydrogen-bond donors (Lipinski definition) is 0. The number of aryl methyl sites for hydroxylation is 1. The lowest BCUT2D eigenvalue weighted by atomic mass is 10.00. The van der Waals surface area contributed by atoms with Gasteiger partial charge in [0.15, 0.2) is 5.78 Å². The highest BCUT2D eigenvalue weighted by molar-refractivity contribution is 6.31. The molecule has 0 atom stereocenters. The van der Waals surface area contributed by atoms with E-state index >= 15 is 0 Å². The summed E-state index contributed by atoms with van der Waals surface area (Å²) in [5.41, 5.74) is 0.161.